The smallest absolute Gasteiger partial charge is 0.253 e. The van der Waals surface area contributed by atoms with Crippen molar-refractivity contribution in [1.29, 1.82) is 0 Å². The second-order valence-corrected chi connectivity index (χ2v) is 4.58. The van der Waals surface area contributed by atoms with Crippen LogP contribution in [0.15, 0.2) is 54.6 Å². The van der Waals surface area contributed by atoms with Crippen LogP contribution in [0.5, 0.6) is 5.75 Å². The number of ether oxygens (including phenoxy) is 1. The zero-order valence-corrected chi connectivity index (χ0v) is 12.3. The Morgan fingerprint density at radius 1 is 1.00 bits per heavy atom. The predicted octanol–water partition coefficient (Wildman–Crippen LogP) is 2.45. The number of hydrogen-bond acceptors (Lipinski definition) is 3. The SMILES string of the molecule is CNC(=O)c1ccccc1NC(=O)CCOc1ccccc1. The van der Waals surface area contributed by atoms with Gasteiger partial charge in [0.15, 0.2) is 0 Å². The Morgan fingerprint density at radius 3 is 2.41 bits per heavy atom. The molecule has 0 unspecified atom stereocenters. The highest BCUT2D eigenvalue weighted by Crippen LogP contribution is 2.15. The molecule has 114 valence electrons. The van der Waals surface area contributed by atoms with Crippen molar-refractivity contribution in [1.82, 2.24) is 5.32 Å². The van der Waals surface area contributed by atoms with Gasteiger partial charge in [-0.3, -0.25) is 9.59 Å². The van der Waals surface area contributed by atoms with Crippen LogP contribution in [0.2, 0.25) is 0 Å². The summed E-state index contributed by atoms with van der Waals surface area (Å²) < 4.78 is 5.47. The Balaban J connectivity index is 1.88. The molecular weight excluding hydrogens is 280 g/mol. The summed E-state index contributed by atoms with van der Waals surface area (Å²) in [5, 5.41) is 5.28. The van der Waals surface area contributed by atoms with Gasteiger partial charge in [0.25, 0.3) is 5.91 Å². The lowest BCUT2D eigenvalue weighted by Gasteiger charge is -2.10. The third-order valence-corrected chi connectivity index (χ3v) is 3.01. The molecule has 0 saturated heterocycles. The number of carbonyl (C=O) groups is 2. The first kappa shape index (κ1) is 15.6. The van der Waals surface area contributed by atoms with Crippen molar-refractivity contribution in [2.75, 3.05) is 19.0 Å². The molecule has 0 fully saturated rings. The van der Waals surface area contributed by atoms with Gasteiger partial charge in [-0.2, -0.15) is 0 Å². The molecule has 0 aliphatic carbocycles. The second-order valence-electron chi connectivity index (χ2n) is 4.58. The maximum absolute atomic E-state index is 11.9. The number of hydrogen-bond donors (Lipinski definition) is 2. The van der Waals surface area contributed by atoms with Gasteiger partial charge in [0.2, 0.25) is 5.91 Å². The standard InChI is InChI=1S/C17H18N2O3/c1-18-17(21)14-9-5-6-10-15(14)19-16(20)11-12-22-13-7-3-2-4-8-13/h2-10H,11-12H2,1H3,(H,18,21)(H,19,20). The summed E-state index contributed by atoms with van der Waals surface area (Å²) in [5.74, 6) is 0.282. The number of nitrogens with one attached hydrogen (secondary N) is 2. The summed E-state index contributed by atoms with van der Waals surface area (Å²) in [6.07, 6.45) is 0.205. The van der Waals surface area contributed by atoms with E-state index in [2.05, 4.69) is 10.6 Å². The molecule has 0 atom stereocenters. The summed E-state index contributed by atoms with van der Waals surface area (Å²) in [7, 11) is 1.55. The van der Waals surface area contributed by atoms with Crippen molar-refractivity contribution in [3.05, 3.63) is 60.2 Å². The topological polar surface area (TPSA) is 67.4 Å². The summed E-state index contributed by atoms with van der Waals surface area (Å²) in [6, 6.07) is 16.2. The Kier molecular flexibility index (Phi) is 5.54. The molecule has 0 bridgehead atoms. The highest BCUT2D eigenvalue weighted by Gasteiger charge is 2.11. The molecule has 0 aliphatic rings. The van der Waals surface area contributed by atoms with Crippen LogP contribution in [0.4, 0.5) is 5.69 Å². The number of carbonyl (C=O) groups excluding carboxylic acids is 2. The highest BCUT2D eigenvalue weighted by molar-refractivity contribution is 6.03. The lowest BCUT2D eigenvalue weighted by Crippen LogP contribution is -2.22. The van der Waals surface area contributed by atoms with Crippen LogP contribution in [-0.2, 0) is 4.79 Å². The van der Waals surface area contributed by atoms with Gasteiger partial charge in [0, 0.05) is 7.05 Å². The molecule has 0 radical (unpaired) electrons. The van der Waals surface area contributed by atoms with Crippen LogP contribution in [0.1, 0.15) is 16.8 Å². The summed E-state index contributed by atoms with van der Waals surface area (Å²) in [6.45, 7) is 0.276. The molecule has 0 aliphatic heterocycles. The fourth-order valence-corrected chi connectivity index (χ4v) is 1.92. The normalized spacial score (nSPS) is 9.86. The third kappa shape index (κ3) is 4.34. The lowest BCUT2D eigenvalue weighted by molar-refractivity contribution is -0.116. The first-order chi connectivity index (χ1) is 10.7. The van der Waals surface area contributed by atoms with E-state index in [1.165, 1.54) is 0 Å². The molecule has 2 aromatic carbocycles. The number of anilines is 1. The number of benzene rings is 2. The molecule has 5 heteroatoms. The van der Waals surface area contributed by atoms with Crippen LogP contribution in [0, 0.1) is 0 Å². The molecule has 5 nitrogen and oxygen atoms in total. The first-order valence-electron chi connectivity index (χ1n) is 6.99. The van der Waals surface area contributed by atoms with E-state index in [1.54, 1.807) is 31.3 Å². The second kappa shape index (κ2) is 7.83. The van der Waals surface area contributed by atoms with Gasteiger partial charge in [-0.25, -0.2) is 0 Å². The van der Waals surface area contributed by atoms with Gasteiger partial charge in [-0.1, -0.05) is 30.3 Å². The maximum atomic E-state index is 11.9. The average molecular weight is 298 g/mol. The minimum atomic E-state index is -0.239. The van der Waals surface area contributed by atoms with Crippen molar-refractivity contribution >= 4 is 17.5 Å². The minimum absolute atomic E-state index is 0.202. The fourth-order valence-electron chi connectivity index (χ4n) is 1.92. The molecule has 2 N–H and O–H groups in total. The van der Waals surface area contributed by atoms with Gasteiger partial charge < -0.3 is 15.4 Å². The largest absolute Gasteiger partial charge is 0.493 e. The van der Waals surface area contributed by atoms with Crippen LogP contribution in [0.25, 0.3) is 0 Å². The Bertz CT molecular complexity index is 641. The van der Waals surface area contributed by atoms with Crippen LogP contribution < -0.4 is 15.4 Å². The summed E-state index contributed by atoms with van der Waals surface area (Å²) >= 11 is 0. The first-order valence-corrected chi connectivity index (χ1v) is 6.99. The Morgan fingerprint density at radius 2 is 1.68 bits per heavy atom. The van der Waals surface area contributed by atoms with Crippen molar-refractivity contribution in [2.45, 2.75) is 6.42 Å². The van der Waals surface area contributed by atoms with Crippen molar-refractivity contribution < 1.29 is 14.3 Å². The number of amides is 2. The zero-order chi connectivity index (χ0) is 15.8. The van der Waals surface area contributed by atoms with E-state index < -0.39 is 0 Å². The fraction of sp³-hybridized carbons (Fsp3) is 0.176. The van der Waals surface area contributed by atoms with Crippen LogP contribution >= 0.6 is 0 Å². The Labute approximate surface area is 129 Å². The van der Waals surface area contributed by atoms with Crippen LogP contribution in [-0.4, -0.2) is 25.5 Å². The van der Waals surface area contributed by atoms with Gasteiger partial charge in [-0.05, 0) is 24.3 Å². The maximum Gasteiger partial charge on any atom is 0.253 e. The summed E-state index contributed by atoms with van der Waals surface area (Å²) in [4.78, 5) is 23.7. The van der Waals surface area contributed by atoms with Crippen molar-refractivity contribution in [3.63, 3.8) is 0 Å². The molecule has 2 rings (SSSR count). The monoisotopic (exact) mass is 298 g/mol. The zero-order valence-electron chi connectivity index (χ0n) is 12.3. The van der Waals surface area contributed by atoms with Crippen molar-refractivity contribution in [2.24, 2.45) is 0 Å². The molecule has 0 heterocycles. The molecule has 22 heavy (non-hydrogen) atoms. The number of para-hydroxylation sites is 2. The van der Waals surface area contributed by atoms with Crippen molar-refractivity contribution in [3.8, 4) is 5.75 Å². The van der Waals surface area contributed by atoms with E-state index >= 15 is 0 Å². The van der Waals surface area contributed by atoms with E-state index in [-0.39, 0.29) is 24.8 Å². The molecule has 0 spiro atoms. The van der Waals surface area contributed by atoms with E-state index in [0.717, 1.165) is 5.75 Å². The molecule has 2 aromatic rings. The Hall–Kier alpha value is -2.82. The van der Waals surface area contributed by atoms with E-state index in [4.69, 9.17) is 4.74 Å². The third-order valence-electron chi connectivity index (χ3n) is 3.01. The van der Waals surface area contributed by atoms with Crippen LogP contribution in [0.3, 0.4) is 0 Å². The van der Waals surface area contributed by atoms with Gasteiger partial charge in [0.05, 0.1) is 24.3 Å². The minimum Gasteiger partial charge on any atom is -0.493 e. The van der Waals surface area contributed by atoms with E-state index in [1.807, 2.05) is 30.3 Å². The highest BCUT2D eigenvalue weighted by atomic mass is 16.5. The average Bonchev–Trinajstić information content (AvgIpc) is 2.55. The molecular formula is C17H18N2O3. The molecule has 2 amide bonds. The number of rotatable bonds is 6. The lowest BCUT2D eigenvalue weighted by atomic mass is 10.1. The molecule has 0 aromatic heterocycles. The quantitative estimate of drug-likeness (QED) is 0.861. The van der Waals surface area contributed by atoms with Gasteiger partial charge in [-0.15, -0.1) is 0 Å². The van der Waals surface area contributed by atoms with E-state index in [0.29, 0.717) is 11.3 Å². The predicted molar refractivity (Wildman–Crippen MR) is 85.0 cm³/mol. The van der Waals surface area contributed by atoms with Gasteiger partial charge >= 0.3 is 0 Å². The molecule has 0 saturated carbocycles. The summed E-state index contributed by atoms with van der Waals surface area (Å²) in [5.41, 5.74) is 0.925. The van der Waals surface area contributed by atoms with Gasteiger partial charge in [0.1, 0.15) is 5.75 Å². The van der Waals surface area contributed by atoms with E-state index in [9.17, 15) is 9.59 Å².